The molecule has 1 saturated heterocycles. The first kappa shape index (κ1) is 11.2. The van der Waals surface area contributed by atoms with Gasteiger partial charge in [0, 0.05) is 18.9 Å². The zero-order valence-electron chi connectivity index (χ0n) is 10.4. The van der Waals surface area contributed by atoms with Crippen LogP contribution in [0.1, 0.15) is 57.2 Å². The minimum absolute atomic E-state index is 0.215. The fourth-order valence-corrected chi connectivity index (χ4v) is 2.53. The van der Waals surface area contributed by atoms with E-state index in [1.54, 1.807) is 0 Å². The smallest absolute Gasteiger partial charge is 0.229 e. The van der Waals surface area contributed by atoms with Gasteiger partial charge in [-0.2, -0.15) is 4.98 Å². The van der Waals surface area contributed by atoms with Crippen molar-refractivity contribution in [3.63, 3.8) is 0 Å². The van der Waals surface area contributed by atoms with E-state index < -0.39 is 5.54 Å². The van der Waals surface area contributed by atoms with Crippen molar-refractivity contribution < 1.29 is 9.26 Å². The zero-order valence-corrected chi connectivity index (χ0v) is 10.4. The molecular formula is C12H19N3O2. The summed E-state index contributed by atoms with van der Waals surface area (Å²) in [5.74, 6) is 1.89. The Bertz CT molecular complexity index is 425. The Morgan fingerprint density at radius 2 is 2.12 bits per heavy atom. The van der Waals surface area contributed by atoms with Crippen molar-refractivity contribution in [1.82, 2.24) is 10.1 Å². The van der Waals surface area contributed by atoms with E-state index in [0.717, 1.165) is 31.6 Å². The molecular weight excluding hydrogens is 218 g/mol. The summed E-state index contributed by atoms with van der Waals surface area (Å²) in [4.78, 5) is 4.47. The average Bonchev–Trinajstić information content (AvgIpc) is 2.94. The van der Waals surface area contributed by atoms with Gasteiger partial charge >= 0.3 is 0 Å². The lowest BCUT2D eigenvalue weighted by molar-refractivity contribution is -0.0832. The Labute approximate surface area is 101 Å². The SMILES string of the molecule is CC1(C)CC(N)(c2noc(C3CC3)n2)CCO1. The summed E-state index contributed by atoms with van der Waals surface area (Å²) in [6.45, 7) is 4.75. The van der Waals surface area contributed by atoms with E-state index in [1.807, 2.05) is 0 Å². The number of rotatable bonds is 2. The second kappa shape index (κ2) is 3.53. The van der Waals surface area contributed by atoms with Crippen LogP contribution >= 0.6 is 0 Å². The first-order valence-corrected chi connectivity index (χ1v) is 6.25. The van der Waals surface area contributed by atoms with Crippen molar-refractivity contribution in [3.8, 4) is 0 Å². The summed E-state index contributed by atoms with van der Waals surface area (Å²) in [7, 11) is 0. The van der Waals surface area contributed by atoms with E-state index in [1.165, 1.54) is 0 Å². The number of ether oxygens (including phenoxy) is 1. The lowest BCUT2D eigenvalue weighted by Gasteiger charge is -2.40. The van der Waals surface area contributed by atoms with Gasteiger partial charge in [-0.1, -0.05) is 5.16 Å². The molecule has 3 rings (SSSR count). The predicted octanol–water partition coefficient (Wildman–Crippen LogP) is 1.69. The fraction of sp³-hybridized carbons (Fsp3) is 0.833. The maximum Gasteiger partial charge on any atom is 0.229 e. The first-order valence-electron chi connectivity index (χ1n) is 6.25. The van der Waals surface area contributed by atoms with Gasteiger partial charge < -0.3 is 15.0 Å². The second-order valence-corrected chi connectivity index (χ2v) is 5.92. The van der Waals surface area contributed by atoms with Gasteiger partial charge in [0.25, 0.3) is 0 Å². The van der Waals surface area contributed by atoms with Crippen LogP contribution in [0, 0.1) is 0 Å². The predicted molar refractivity (Wildman–Crippen MR) is 61.4 cm³/mol. The lowest BCUT2D eigenvalue weighted by Crippen LogP contribution is -2.50. The van der Waals surface area contributed by atoms with Crippen LogP contribution in [0.5, 0.6) is 0 Å². The van der Waals surface area contributed by atoms with E-state index in [2.05, 4.69) is 24.0 Å². The largest absolute Gasteiger partial charge is 0.375 e. The maximum absolute atomic E-state index is 6.42. The molecule has 0 aromatic carbocycles. The molecule has 0 radical (unpaired) electrons. The highest BCUT2D eigenvalue weighted by Gasteiger charge is 2.43. The molecule has 1 unspecified atom stereocenters. The topological polar surface area (TPSA) is 74.2 Å². The van der Waals surface area contributed by atoms with Gasteiger partial charge in [-0.25, -0.2) is 0 Å². The summed E-state index contributed by atoms with van der Waals surface area (Å²) in [5.41, 5.74) is 5.71. The van der Waals surface area contributed by atoms with Crippen LogP contribution in [0.3, 0.4) is 0 Å². The monoisotopic (exact) mass is 237 g/mol. The Hall–Kier alpha value is -0.940. The van der Waals surface area contributed by atoms with Gasteiger partial charge in [-0.05, 0) is 33.1 Å². The van der Waals surface area contributed by atoms with E-state index in [9.17, 15) is 0 Å². The van der Waals surface area contributed by atoms with Gasteiger partial charge in [-0.3, -0.25) is 0 Å². The number of hydrogen-bond donors (Lipinski definition) is 1. The molecule has 5 nitrogen and oxygen atoms in total. The molecule has 1 aromatic rings. The third-order valence-electron chi connectivity index (χ3n) is 3.60. The molecule has 17 heavy (non-hydrogen) atoms. The van der Waals surface area contributed by atoms with Crippen LogP contribution < -0.4 is 5.73 Å². The van der Waals surface area contributed by atoms with Gasteiger partial charge in [0.1, 0.15) is 0 Å². The van der Waals surface area contributed by atoms with Crippen LogP contribution in [0.4, 0.5) is 0 Å². The van der Waals surface area contributed by atoms with Crippen LogP contribution in [-0.4, -0.2) is 22.3 Å². The maximum atomic E-state index is 6.42. The minimum Gasteiger partial charge on any atom is -0.375 e. The summed E-state index contributed by atoms with van der Waals surface area (Å²) >= 11 is 0. The van der Waals surface area contributed by atoms with Crippen molar-refractivity contribution in [1.29, 1.82) is 0 Å². The summed E-state index contributed by atoms with van der Waals surface area (Å²) < 4.78 is 11.0. The van der Waals surface area contributed by atoms with Gasteiger partial charge in [0.2, 0.25) is 5.89 Å². The highest BCUT2D eigenvalue weighted by Crippen LogP contribution is 2.41. The van der Waals surface area contributed by atoms with Crippen molar-refractivity contribution >= 4 is 0 Å². The van der Waals surface area contributed by atoms with Crippen LogP contribution in [0.25, 0.3) is 0 Å². The summed E-state index contributed by atoms with van der Waals surface area (Å²) in [5, 5.41) is 4.07. The molecule has 1 atom stereocenters. The van der Waals surface area contributed by atoms with Crippen LogP contribution in [-0.2, 0) is 10.3 Å². The van der Waals surface area contributed by atoms with Gasteiger partial charge in [-0.15, -0.1) is 0 Å². The third-order valence-corrected chi connectivity index (χ3v) is 3.60. The minimum atomic E-state index is -0.502. The molecule has 2 heterocycles. The van der Waals surface area contributed by atoms with Crippen LogP contribution in [0.15, 0.2) is 4.52 Å². The molecule has 2 fully saturated rings. The quantitative estimate of drug-likeness (QED) is 0.847. The fourth-order valence-electron chi connectivity index (χ4n) is 2.53. The molecule has 0 bridgehead atoms. The standard InChI is InChI=1S/C12H19N3O2/c1-11(2)7-12(13,5-6-16-11)10-14-9(17-15-10)8-3-4-8/h8H,3-7,13H2,1-2H3. The van der Waals surface area contributed by atoms with E-state index in [-0.39, 0.29) is 5.60 Å². The highest BCUT2D eigenvalue weighted by molar-refractivity contribution is 5.11. The van der Waals surface area contributed by atoms with E-state index >= 15 is 0 Å². The van der Waals surface area contributed by atoms with Crippen molar-refractivity contribution in [3.05, 3.63) is 11.7 Å². The van der Waals surface area contributed by atoms with Crippen LogP contribution in [0.2, 0.25) is 0 Å². The number of nitrogens with two attached hydrogens (primary N) is 1. The molecule has 94 valence electrons. The Balaban J connectivity index is 1.84. The summed E-state index contributed by atoms with van der Waals surface area (Å²) in [6, 6.07) is 0. The third kappa shape index (κ3) is 2.09. The molecule has 2 aliphatic rings. The Morgan fingerprint density at radius 1 is 1.35 bits per heavy atom. The van der Waals surface area contributed by atoms with Gasteiger partial charge in [0.05, 0.1) is 11.1 Å². The number of hydrogen-bond acceptors (Lipinski definition) is 5. The Morgan fingerprint density at radius 3 is 2.76 bits per heavy atom. The molecule has 0 amide bonds. The first-order chi connectivity index (χ1) is 7.99. The molecule has 2 N–H and O–H groups in total. The van der Waals surface area contributed by atoms with Crippen molar-refractivity contribution in [2.75, 3.05) is 6.61 Å². The molecule has 1 aromatic heterocycles. The Kier molecular flexibility index (Phi) is 2.32. The normalized spacial score (nSPS) is 32.6. The van der Waals surface area contributed by atoms with Crippen molar-refractivity contribution in [2.24, 2.45) is 5.73 Å². The molecule has 1 aliphatic heterocycles. The average molecular weight is 237 g/mol. The van der Waals surface area contributed by atoms with E-state index in [0.29, 0.717) is 18.3 Å². The number of nitrogens with zero attached hydrogens (tertiary/aromatic N) is 2. The number of aromatic nitrogens is 2. The second-order valence-electron chi connectivity index (χ2n) is 5.92. The zero-order chi connectivity index (χ0) is 12.1. The molecule has 1 saturated carbocycles. The molecule has 0 spiro atoms. The summed E-state index contributed by atoms with van der Waals surface area (Å²) in [6.07, 6.45) is 3.80. The lowest BCUT2D eigenvalue weighted by atomic mass is 9.81. The van der Waals surface area contributed by atoms with Crippen molar-refractivity contribution in [2.45, 2.75) is 56.6 Å². The van der Waals surface area contributed by atoms with E-state index in [4.69, 9.17) is 15.0 Å². The highest BCUT2D eigenvalue weighted by atomic mass is 16.5. The van der Waals surface area contributed by atoms with Gasteiger partial charge in [0.15, 0.2) is 5.82 Å². The molecule has 1 aliphatic carbocycles. The molecule has 5 heteroatoms.